The molecule has 1 aromatic carbocycles. The summed E-state index contributed by atoms with van der Waals surface area (Å²) in [5.74, 6) is -4.17. The quantitative estimate of drug-likeness (QED) is 0.193. The van der Waals surface area contributed by atoms with E-state index in [2.05, 4.69) is 5.32 Å². The van der Waals surface area contributed by atoms with E-state index >= 15 is 0 Å². The minimum atomic E-state index is -0.833. The molecule has 15 heteroatoms. The molecule has 0 aliphatic heterocycles. The van der Waals surface area contributed by atoms with Crippen LogP contribution in [0, 0.1) is 0 Å². The smallest absolute Gasteiger partial charge is 0.336 e. The molecule has 0 amide bonds. The lowest BCUT2D eigenvalue weighted by atomic mass is 10.2. The van der Waals surface area contributed by atoms with Gasteiger partial charge >= 0.3 is 5.63 Å². The summed E-state index contributed by atoms with van der Waals surface area (Å²) in [5, 5.41) is 41.1. The van der Waals surface area contributed by atoms with Crippen molar-refractivity contribution in [2.75, 3.05) is 26.2 Å². The van der Waals surface area contributed by atoms with Gasteiger partial charge in [-0.1, -0.05) is 18.2 Å². The number of rotatable bonds is 4. The summed E-state index contributed by atoms with van der Waals surface area (Å²) in [5.41, 5.74) is 10.7. The van der Waals surface area contributed by atoms with E-state index in [1.54, 1.807) is 12.1 Å². The molecule has 10 N–H and O–H groups in total. The fourth-order valence-electron chi connectivity index (χ4n) is 1.34. The summed E-state index contributed by atoms with van der Waals surface area (Å²) in [6.07, 6.45) is 0. The van der Waals surface area contributed by atoms with Gasteiger partial charge in [0, 0.05) is 72.3 Å². The van der Waals surface area contributed by atoms with Gasteiger partial charge in [-0.3, -0.25) is 24.0 Å². The fraction of sp³-hybridized carbons (Fsp3) is 0.391. The molecule has 1 heterocycles. The van der Waals surface area contributed by atoms with Gasteiger partial charge in [0.1, 0.15) is 5.58 Å². The maximum Gasteiger partial charge on any atom is 0.336 e. The topological polar surface area (TPSA) is 281 Å². The van der Waals surface area contributed by atoms with Crippen LogP contribution in [0.5, 0.6) is 0 Å². The Bertz CT molecular complexity index is 868. The Morgan fingerprint density at radius 3 is 1.29 bits per heavy atom. The highest BCUT2D eigenvalue weighted by molar-refractivity contribution is 5.75. The first kappa shape index (κ1) is 43.7. The lowest BCUT2D eigenvalue weighted by Crippen LogP contribution is -2.27. The van der Waals surface area contributed by atoms with Crippen LogP contribution in [0.25, 0.3) is 11.0 Å². The van der Waals surface area contributed by atoms with Crippen LogP contribution < -0.4 is 22.4 Å². The van der Waals surface area contributed by atoms with Crippen LogP contribution >= 0.6 is 0 Å². The monoisotopic (exact) mass is 549 g/mol. The standard InChI is InChI=1S/C9H6O2.C4H13N3.5C2H4O2/c10-9-6-5-7-3-1-2-4-8(7)11-9;5-1-3-7-4-2-6;5*1-2(3)4/h1-6H;7H,1-6H2;5*1H3,(H,3,4). The zero-order valence-corrected chi connectivity index (χ0v) is 22.0. The molecule has 2 aromatic rings. The third kappa shape index (κ3) is 77.0. The number of carboxylic acid groups (broad SMARTS) is 5. The molecule has 0 saturated heterocycles. The lowest BCUT2D eigenvalue weighted by molar-refractivity contribution is -0.135. The normalized spacial score (nSPS) is 7.97. The molecule has 0 radical (unpaired) electrons. The zero-order chi connectivity index (χ0) is 31.1. The van der Waals surface area contributed by atoms with E-state index in [9.17, 15) is 4.79 Å². The summed E-state index contributed by atoms with van der Waals surface area (Å²) < 4.78 is 4.91. The Balaban J connectivity index is -0.000000119. The zero-order valence-electron chi connectivity index (χ0n) is 22.0. The number of hydrogen-bond acceptors (Lipinski definition) is 10. The van der Waals surface area contributed by atoms with Crippen molar-refractivity contribution in [3.8, 4) is 0 Å². The summed E-state index contributed by atoms with van der Waals surface area (Å²) >= 11 is 0. The van der Waals surface area contributed by atoms with E-state index in [0.717, 1.165) is 53.1 Å². The van der Waals surface area contributed by atoms with Crippen molar-refractivity contribution < 1.29 is 53.9 Å². The molecule has 0 aliphatic carbocycles. The molecule has 0 unspecified atom stereocenters. The number of carboxylic acids is 5. The van der Waals surface area contributed by atoms with Gasteiger partial charge in [-0.2, -0.15) is 0 Å². The Morgan fingerprint density at radius 1 is 0.658 bits per heavy atom. The van der Waals surface area contributed by atoms with Crippen LogP contribution in [0.2, 0.25) is 0 Å². The molecule has 0 fully saturated rings. The molecule has 0 aliphatic rings. The Kier molecular flexibility index (Phi) is 37.6. The lowest BCUT2D eigenvalue weighted by Gasteiger charge is -1.95. The number of hydrogen-bond donors (Lipinski definition) is 8. The number of carbonyl (C=O) groups is 5. The molecular formula is C23H39N3O12. The Labute approximate surface area is 219 Å². The van der Waals surface area contributed by atoms with Crippen molar-refractivity contribution in [1.82, 2.24) is 5.32 Å². The molecule has 1 aromatic heterocycles. The van der Waals surface area contributed by atoms with E-state index in [4.69, 9.17) is 65.4 Å². The second-order valence-corrected chi connectivity index (χ2v) is 6.21. The van der Waals surface area contributed by atoms with Gasteiger partial charge in [-0.05, 0) is 12.1 Å². The van der Waals surface area contributed by atoms with Crippen LogP contribution in [-0.4, -0.2) is 81.6 Å². The molecule has 0 atom stereocenters. The minimum absolute atomic E-state index is 0.302. The van der Waals surface area contributed by atoms with Gasteiger partial charge in [-0.15, -0.1) is 0 Å². The van der Waals surface area contributed by atoms with Gasteiger partial charge in [0.15, 0.2) is 0 Å². The predicted octanol–water partition coefficient (Wildman–Crippen LogP) is 0.741. The van der Waals surface area contributed by atoms with Gasteiger partial charge in [0.25, 0.3) is 29.8 Å². The molecule has 0 bridgehead atoms. The van der Waals surface area contributed by atoms with Crippen LogP contribution in [0.1, 0.15) is 34.6 Å². The van der Waals surface area contributed by atoms with Crippen molar-refractivity contribution in [3.63, 3.8) is 0 Å². The predicted molar refractivity (Wildman–Crippen MR) is 140 cm³/mol. The largest absolute Gasteiger partial charge is 0.481 e. The van der Waals surface area contributed by atoms with E-state index in [1.165, 1.54) is 6.07 Å². The first-order chi connectivity index (χ1) is 17.4. The third-order valence-corrected chi connectivity index (χ3v) is 2.17. The molecular weight excluding hydrogens is 510 g/mol. The van der Waals surface area contributed by atoms with Crippen LogP contribution in [0.4, 0.5) is 0 Å². The average molecular weight is 550 g/mol. The summed E-state index contributed by atoms with van der Waals surface area (Å²) in [7, 11) is 0. The number of benzene rings is 1. The van der Waals surface area contributed by atoms with Gasteiger partial charge in [0.2, 0.25) is 0 Å². The molecule has 0 saturated carbocycles. The minimum Gasteiger partial charge on any atom is -0.481 e. The highest BCUT2D eigenvalue weighted by atomic mass is 16.4. The molecule has 15 nitrogen and oxygen atoms in total. The summed E-state index contributed by atoms with van der Waals surface area (Å²) in [6, 6.07) is 10.6. The molecule has 0 spiro atoms. The highest BCUT2D eigenvalue weighted by Gasteiger charge is 1.92. The first-order valence-electron chi connectivity index (χ1n) is 10.5. The number of fused-ring (bicyclic) bond motifs is 1. The van der Waals surface area contributed by atoms with Crippen molar-refractivity contribution in [2.45, 2.75) is 34.6 Å². The van der Waals surface area contributed by atoms with Gasteiger partial charge in [0.05, 0.1) is 0 Å². The molecule has 2 rings (SSSR count). The van der Waals surface area contributed by atoms with Crippen molar-refractivity contribution in [2.24, 2.45) is 11.5 Å². The van der Waals surface area contributed by atoms with Gasteiger partial charge in [-0.25, -0.2) is 4.79 Å². The number of aliphatic carboxylic acids is 5. The molecule has 38 heavy (non-hydrogen) atoms. The maximum atomic E-state index is 10.7. The SMILES string of the molecule is CC(=O)O.CC(=O)O.CC(=O)O.CC(=O)O.CC(=O)O.NCCNCCN.O=c1ccc2ccccc2o1. The van der Waals surface area contributed by atoms with E-state index < -0.39 is 29.8 Å². The van der Waals surface area contributed by atoms with Crippen LogP contribution in [-0.2, 0) is 24.0 Å². The van der Waals surface area contributed by atoms with Crippen LogP contribution in [0.3, 0.4) is 0 Å². The second kappa shape index (κ2) is 32.7. The van der Waals surface area contributed by atoms with Crippen molar-refractivity contribution in [3.05, 3.63) is 46.8 Å². The van der Waals surface area contributed by atoms with E-state index in [-0.39, 0.29) is 5.63 Å². The fourth-order valence-corrected chi connectivity index (χ4v) is 1.34. The van der Waals surface area contributed by atoms with Crippen LogP contribution in [0.15, 0.2) is 45.6 Å². The van der Waals surface area contributed by atoms with Crippen molar-refractivity contribution >= 4 is 40.8 Å². The second-order valence-electron chi connectivity index (χ2n) is 6.21. The maximum absolute atomic E-state index is 10.7. The first-order valence-corrected chi connectivity index (χ1v) is 10.5. The average Bonchev–Trinajstić information content (AvgIpc) is 2.72. The number of para-hydroxylation sites is 1. The van der Waals surface area contributed by atoms with E-state index in [0.29, 0.717) is 18.7 Å². The number of nitrogens with one attached hydrogen (secondary N) is 1. The summed E-state index contributed by atoms with van der Waals surface area (Å²) in [4.78, 5) is 55.7. The van der Waals surface area contributed by atoms with E-state index in [1.807, 2.05) is 18.2 Å². The van der Waals surface area contributed by atoms with Gasteiger partial charge < -0.3 is 46.7 Å². The third-order valence-electron chi connectivity index (χ3n) is 2.17. The highest BCUT2D eigenvalue weighted by Crippen LogP contribution is 2.08. The summed E-state index contributed by atoms with van der Waals surface area (Å²) in [6.45, 7) is 8.55. The Hall–Kier alpha value is -4.34. The molecule has 218 valence electrons. The number of nitrogens with two attached hydrogens (primary N) is 2. The van der Waals surface area contributed by atoms with Crippen molar-refractivity contribution in [1.29, 1.82) is 0 Å². The Morgan fingerprint density at radius 2 is 0.974 bits per heavy atom.